The van der Waals surface area contributed by atoms with E-state index in [1.54, 1.807) is 10.9 Å². The Morgan fingerprint density at radius 1 is 1.53 bits per heavy atom. The van der Waals surface area contributed by atoms with E-state index in [1.807, 2.05) is 32.6 Å². The number of hydrogen-bond donors (Lipinski definition) is 1. The molecule has 5 nitrogen and oxygen atoms in total. The lowest BCUT2D eigenvalue weighted by Crippen LogP contribution is -2.20. The van der Waals surface area contributed by atoms with Crippen molar-refractivity contribution in [3.63, 3.8) is 0 Å². The van der Waals surface area contributed by atoms with E-state index < -0.39 is 0 Å². The van der Waals surface area contributed by atoms with E-state index in [1.165, 1.54) is 0 Å². The van der Waals surface area contributed by atoms with Crippen LogP contribution in [0.15, 0.2) is 24.8 Å². The van der Waals surface area contributed by atoms with Gasteiger partial charge in [-0.1, -0.05) is 0 Å². The lowest BCUT2D eigenvalue weighted by Gasteiger charge is -2.16. The van der Waals surface area contributed by atoms with Crippen molar-refractivity contribution >= 4 is 0 Å². The van der Waals surface area contributed by atoms with Crippen LogP contribution in [-0.4, -0.2) is 25.9 Å². The van der Waals surface area contributed by atoms with Gasteiger partial charge in [0.1, 0.15) is 5.82 Å². The molecular weight excluding hydrogens is 190 g/mol. The van der Waals surface area contributed by atoms with Gasteiger partial charge in [-0.3, -0.25) is 4.68 Å². The molecule has 2 heterocycles. The zero-order chi connectivity index (χ0) is 10.8. The van der Waals surface area contributed by atoms with Gasteiger partial charge in [0.25, 0.3) is 0 Å². The van der Waals surface area contributed by atoms with Gasteiger partial charge < -0.3 is 10.3 Å². The Bertz CT molecular complexity index is 442. The number of imidazole rings is 1. The number of nitrogens with two attached hydrogens (primary N) is 1. The largest absolute Gasteiger partial charge is 0.328 e. The second-order valence-electron chi connectivity index (χ2n) is 3.58. The molecule has 1 unspecified atom stereocenters. The van der Waals surface area contributed by atoms with Crippen LogP contribution in [0.4, 0.5) is 0 Å². The fraction of sp³-hybridized carbons (Fsp3) is 0.400. The summed E-state index contributed by atoms with van der Waals surface area (Å²) in [5, 5.41) is 4.15. The molecule has 2 aromatic heterocycles. The minimum Gasteiger partial charge on any atom is -0.328 e. The highest BCUT2D eigenvalue weighted by atomic mass is 15.2. The zero-order valence-corrected chi connectivity index (χ0v) is 8.96. The van der Waals surface area contributed by atoms with Crippen LogP contribution in [0.3, 0.4) is 0 Å². The molecule has 15 heavy (non-hydrogen) atoms. The average Bonchev–Trinajstić information content (AvgIpc) is 2.79. The Morgan fingerprint density at radius 3 is 2.80 bits per heavy atom. The van der Waals surface area contributed by atoms with E-state index in [4.69, 9.17) is 5.73 Å². The highest BCUT2D eigenvalue weighted by molar-refractivity contribution is 5.14. The quantitative estimate of drug-likeness (QED) is 0.792. The topological polar surface area (TPSA) is 61.7 Å². The van der Waals surface area contributed by atoms with Crippen LogP contribution < -0.4 is 5.73 Å². The fourth-order valence-corrected chi connectivity index (χ4v) is 1.74. The molecule has 2 rings (SSSR count). The van der Waals surface area contributed by atoms with Crippen molar-refractivity contribution in [2.45, 2.75) is 13.0 Å². The number of rotatable bonds is 3. The third-order valence-corrected chi connectivity index (χ3v) is 2.53. The Balaban J connectivity index is 2.36. The average molecular weight is 205 g/mol. The van der Waals surface area contributed by atoms with E-state index in [0.717, 1.165) is 11.4 Å². The summed E-state index contributed by atoms with van der Waals surface area (Å²) in [5.41, 5.74) is 6.90. The lowest BCUT2D eigenvalue weighted by molar-refractivity contribution is 0.578. The van der Waals surface area contributed by atoms with E-state index in [0.29, 0.717) is 6.54 Å². The Kier molecular flexibility index (Phi) is 2.55. The molecule has 5 heteroatoms. The molecule has 0 fully saturated rings. The Labute approximate surface area is 88.5 Å². The second kappa shape index (κ2) is 3.86. The lowest BCUT2D eigenvalue weighted by atomic mass is 10.1. The van der Waals surface area contributed by atoms with Crippen molar-refractivity contribution in [1.29, 1.82) is 0 Å². The monoisotopic (exact) mass is 205 g/mol. The van der Waals surface area contributed by atoms with Gasteiger partial charge in [-0.25, -0.2) is 4.98 Å². The highest BCUT2D eigenvalue weighted by Gasteiger charge is 2.14. The van der Waals surface area contributed by atoms with E-state index in [2.05, 4.69) is 14.6 Å². The minimum atomic E-state index is 0.126. The van der Waals surface area contributed by atoms with Crippen LogP contribution in [0, 0.1) is 6.92 Å². The smallest absolute Gasteiger partial charge is 0.106 e. The first-order chi connectivity index (χ1) is 7.22. The van der Waals surface area contributed by atoms with Gasteiger partial charge in [0.2, 0.25) is 0 Å². The summed E-state index contributed by atoms with van der Waals surface area (Å²) in [4.78, 5) is 4.20. The SMILES string of the molecule is Cc1nccn1C(CN)c1cnn(C)c1. The van der Waals surface area contributed by atoms with Crippen LogP contribution in [0.1, 0.15) is 17.4 Å². The fourth-order valence-electron chi connectivity index (χ4n) is 1.74. The molecule has 0 spiro atoms. The second-order valence-corrected chi connectivity index (χ2v) is 3.58. The molecule has 0 radical (unpaired) electrons. The van der Waals surface area contributed by atoms with Crippen molar-refractivity contribution in [1.82, 2.24) is 19.3 Å². The first-order valence-electron chi connectivity index (χ1n) is 4.90. The molecule has 0 saturated carbocycles. The summed E-state index contributed by atoms with van der Waals surface area (Å²) in [7, 11) is 1.90. The van der Waals surface area contributed by atoms with Gasteiger partial charge >= 0.3 is 0 Å². The molecule has 80 valence electrons. The molecule has 2 aromatic rings. The molecule has 0 aliphatic rings. The third-order valence-electron chi connectivity index (χ3n) is 2.53. The summed E-state index contributed by atoms with van der Waals surface area (Å²) in [6.45, 7) is 2.52. The van der Waals surface area contributed by atoms with Gasteiger partial charge in [0.15, 0.2) is 0 Å². The molecule has 0 aliphatic heterocycles. The van der Waals surface area contributed by atoms with Crippen molar-refractivity contribution < 1.29 is 0 Å². The van der Waals surface area contributed by atoms with Crippen LogP contribution in [0.5, 0.6) is 0 Å². The zero-order valence-electron chi connectivity index (χ0n) is 8.96. The Hall–Kier alpha value is -1.62. The van der Waals surface area contributed by atoms with Crippen LogP contribution in [0.2, 0.25) is 0 Å². The van der Waals surface area contributed by atoms with Crippen molar-refractivity contribution in [3.8, 4) is 0 Å². The van der Waals surface area contributed by atoms with Gasteiger partial charge in [-0.2, -0.15) is 5.10 Å². The normalized spacial score (nSPS) is 13.0. The van der Waals surface area contributed by atoms with Crippen molar-refractivity contribution in [2.24, 2.45) is 12.8 Å². The predicted molar refractivity (Wildman–Crippen MR) is 57.4 cm³/mol. The van der Waals surface area contributed by atoms with Gasteiger partial charge in [0, 0.05) is 37.7 Å². The molecule has 1 atom stereocenters. The number of nitrogens with zero attached hydrogens (tertiary/aromatic N) is 4. The molecule has 0 saturated heterocycles. The predicted octanol–water partition coefficient (Wildman–Crippen LogP) is 0.473. The van der Waals surface area contributed by atoms with Crippen LogP contribution in [-0.2, 0) is 7.05 Å². The third kappa shape index (κ3) is 1.78. The number of aryl methyl sites for hydroxylation is 2. The number of aromatic nitrogens is 4. The molecular formula is C10H15N5. The van der Waals surface area contributed by atoms with Gasteiger partial charge in [-0.15, -0.1) is 0 Å². The molecule has 0 bridgehead atoms. The summed E-state index contributed by atoms with van der Waals surface area (Å²) in [6, 6.07) is 0.126. The minimum absolute atomic E-state index is 0.126. The van der Waals surface area contributed by atoms with Crippen molar-refractivity contribution in [2.75, 3.05) is 6.54 Å². The number of hydrogen-bond acceptors (Lipinski definition) is 3. The van der Waals surface area contributed by atoms with Gasteiger partial charge in [0.05, 0.1) is 12.2 Å². The maximum Gasteiger partial charge on any atom is 0.106 e. The standard InChI is InChI=1S/C10H15N5/c1-8-12-3-4-15(8)10(5-11)9-6-13-14(2)7-9/h3-4,6-7,10H,5,11H2,1-2H3. The maximum absolute atomic E-state index is 5.79. The molecule has 0 aliphatic carbocycles. The van der Waals surface area contributed by atoms with E-state index in [9.17, 15) is 0 Å². The Morgan fingerprint density at radius 2 is 2.33 bits per heavy atom. The molecule has 0 amide bonds. The molecule has 2 N–H and O–H groups in total. The van der Waals surface area contributed by atoms with Crippen molar-refractivity contribution in [3.05, 3.63) is 36.2 Å². The van der Waals surface area contributed by atoms with E-state index >= 15 is 0 Å². The first kappa shape index (κ1) is 9.92. The van der Waals surface area contributed by atoms with Gasteiger partial charge in [-0.05, 0) is 6.92 Å². The summed E-state index contributed by atoms with van der Waals surface area (Å²) in [6.07, 6.45) is 7.56. The summed E-state index contributed by atoms with van der Waals surface area (Å²) >= 11 is 0. The van der Waals surface area contributed by atoms with Crippen LogP contribution >= 0.6 is 0 Å². The first-order valence-corrected chi connectivity index (χ1v) is 4.90. The molecule has 0 aromatic carbocycles. The van der Waals surface area contributed by atoms with Crippen LogP contribution in [0.25, 0.3) is 0 Å². The maximum atomic E-state index is 5.79. The highest BCUT2D eigenvalue weighted by Crippen LogP contribution is 2.17. The summed E-state index contributed by atoms with van der Waals surface area (Å²) < 4.78 is 3.85. The summed E-state index contributed by atoms with van der Waals surface area (Å²) in [5.74, 6) is 0.967. The van der Waals surface area contributed by atoms with E-state index in [-0.39, 0.29) is 6.04 Å².